The van der Waals surface area contributed by atoms with Crippen molar-refractivity contribution in [3.63, 3.8) is 0 Å². The molecule has 0 radical (unpaired) electrons. The minimum atomic E-state index is -0.499. The fourth-order valence-corrected chi connectivity index (χ4v) is 11.1. The van der Waals surface area contributed by atoms with Gasteiger partial charge < -0.3 is 4.90 Å². The summed E-state index contributed by atoms with van der Waals surface area (Å²) in [4.78, 5) is 2.44. The van der Waals surface area contributed by atoms with E-state index in [1.165, 1.54) is 99.4 Å². The second-order valence-corrected chi connectivity index (χ2v) is 17.2. The lowest BCUT2D eigenvalue weighted by Crippen LogP contribution is -2.26. The van der Waals surface area contributed by atoms with Gasteiger partial charge in [-0.3, -0.25) is 0 Å². The van der Waals surface area contributed by atoms with Crippen molar-refractivity contribution < 1.29 is 0 Å². The lowest BCUT2D eigenvalue weighted by Gasteiger charge is -2.32. The predicted molar refractivity (Wildman–Crippen MR) is 269 cm³/mol. The maximum Gasteiger partial charge on any atom is 0.0726 e. The summed E-state index contributed by atoms with van der Waals surface area (Å²) in [6.07, 6.45) is 0. The molecular formula is C63H41N. The maximum atomic E-state index is 2.49. The molecule has 0 saturated carbocycles. The van der Waals surface area contributed by atoms with Gasteiger partial charge in [-0.2, -0.15) is 0 Å². The molecule has 0 unspecified atom stereocenters. The molecule has 298 valence electrons. The highest BCUT2D eigenvalue weighted by Gasteiger charge is 2.52. The Balaban J connectivity index is 1.02. The van der Waals surface area contributed by atoms with Crippen molar-refractivity contribution in [2.75, 3.05) is 4.90 Å². The molecule has 0 atom stereocenters. The number of nitrogens with zero attached hydrogens (tertiary/aromatic N) is 1. The van der Waals surface area contributed by atoms with Crippen LogP contribution in [0.3, 0.4) is 0 Å². The van der Waals surface area contributed by atoms with Gasteiger partial charge in [0.15, 0.2) is 0 Å². The molecule has 0 bridgehead atoms. The predicted octanol–water partition coefficient (Wildman–Crippen LogP) is 16.8. The summed E-state index contributed by atoms with van der Waals surface area (Å²) < 4.78 is 0. The molecule has 2 aliphatic rings. The van der Waals surface area contributed by atoms with E-state index in [-0.39, 0.29) is 0 Å². The summed E-state index contributed by atoms with van der Waals surface area (Å²) in [7, 11) is 0. The third kappa shape index (κ3) is 5.44. The van der Waals surface area contributed by atoms with Gasteiger partial charge in [0.1, 0.15) is 0 Å². The van der Waals surface area contributed by atoms with E-state index in [4.69, 9.17) is 0 Å². The van der Waals surface area contributed by atoms with Gasteiger partial charge >= 0.3 is 0 Å². The first-order chi connectivity index (χ1) is 31.7. The monoisotopic (exact) mass is 811 g/mol. The minimum absolute atomic E-state index is 0.499. The number of anilines is 3. The van der Waals surface area contributed by atoms with Crippen molar-refractivity contribution in [2.24, 2.45) is 0 Å². The highest BCUT2D eigenvalue weighted by molar-refractivity contribution is 6.00. The Kier molecular flexibility index (Phi) is 8.20. The molecule has 2 aliphatic carbocycles. The van der Waals surface area contributed by atoms with Crippen LogP contribution in [0, 0.1) is 0 Å². The highest BCUT2D eigenvalue weighted by atomic mass is 15.1. The summed E-state index contributed by atoms with van der Waals surface area (Å²) in [5, 5.41) is 5.01. The molecule has 0 aromatic heterocycles. The Morgan fingerprint density at radius 2 is 0.641 bits per heavy atom. The summed E-state index contributed by atoms with van der Waals surface area (Å²) in [6, 6.07) is 92.2. The Bertz CT molecular complexity index is 3420. The molecule has 0 heterocycles. The summed E-state index contributed by atoms with van der Waals surface area (Å²) >= 11 is 0. The molecule has 0 fully saturated rings. The van der Waals surface area contributed by atoms with E-state index in [0.717, 1.165) is 17.1 Å². The van der Waals surface area contributed by atoms with Crippen molar-refractivity contribution in [3.8, 4) is 55.6 Å². The fourth-order valence-electron chi connectivity index (χ4n) is 11.1. The topological polar surface area (TPSA) is 3.24 Å². The third-order valence-electron chi connectivity index (χ3n) is 13.9. The zero-order valence-corrected chi connectivity index (χ0v) is 35.1. The van der Waals surface area contributed by atoms with Crippen LogP contribution in [0.2, 0.25) is 0 Å². The van der Waals surface area contributed by atoms with Crippen molar-refractivity contribution in [3.05, 3.63) is 271 Å². The van der Waals surface area contributed by atoms with Crippen LogP contribution in [-0.2, 0) is 5.41 Å². The number of hydrogen-bond donors (Lipinski definition) is 0. The van der Waals surface area contributed by atoms with E-state index in [0.29, 0.717) is 0 Å². The Morgan fingerprint density at radius 1 is 0.234 bits per heavy atom. The van der Waals surface area contributed by atoms with Crippen LogP contribution in [0.4, 0.5) is 17.1 Å². The van der Waals surface area contributed by atoms with Crippen LogP contribution in [0.5, 0.6) is 0 Å². The average Bonchev–Trinajstić information content (AvgIpc) is 3.83. The van der Waals surface area contributed by atoms with E-state index < -0.39 is 5.41 Å². The van der Waals surface area contributed by atoms with Gasteiger partial charge in [-0.15, -0.1) is 0 Å². The van der Waals surface area contributed by atoms with E-state index in [9.17, 15) is 0 Å². The lowest BCUT2D eigenvalue weighted by atomic mass is 9.70. The SMILES string of the molecule is c1ccc(-c2ccc3c(c2)C2(c4ccccc4-c4ccccc42)c2cc(N(c4ccc(-c5cccc6ccccc56)cc4)c4ccc(-c5cccc6ccccc56)cc4)ccc2-3)cc1. The van der Waals surface area contributed by atoms with Crippen molar-refractivity contribution >= 4 is 38.6 Å². The van der Waals surface area contributed by atoms with Crippen LogP contribution in [0.25, 0.3) is 77.2 Å². The summed E-state index contributed by atoms with van der Waals surface area (Å²) in [5.41, 5.74) is 20.6. The third-order valence-corrected chi connectivity index (χ3v) is 13.9. The molecule has 0 saturated heterocycles. The fraction of sp³-hybridized carbons (Fsp3) is 0.0159. The largest absolute Gasteiger partial charge is 0.310 e. The standard InChI is InChI=1S/C63H41N/c1-2-14-42(15-3-1)47-32-38-57-58-39-37-50(41-62(58)63(61(57)40-47)59-26-10-8-22-55(59)56-23-9-11-27-60(56)63)64(48-33-28-45(29-34-48)53-24-12-18-43-16-4-6-20-51(43)53)49-35-30-46(31-36-49)54-25-13-19-44-17-5-7-21-52(44)54/h1-41H. The van der Waals surface area contributed by atoms with Gasteiger partial charge in [-0.1, -0.05) is 206 Å². The molecule has 1 nitrogen and oxygen atoms in total. The van der Waals surface area contributed by atoms with Crippen molar-refractivity contribution in [2.45, 2.75) is 5.41 Å². The average molecular weight is 812 g/mol. The molecular weight excluding hydrogens is 771 g/mol. The molecule has 64 heavy (non-hydrogen) atoms. The molecule has 11 aromatic carbocycles. The number of benzene rings is 11. The Hall–Kier alpha value is -8.26. The van der Waals surface area contributed by atoms with Crippen LogP contribution < -0.4 is 4.90 Å². The number of rotatable bonds is 6. The van der Waals surface area contributed by atoms with Gasteiger partial charge in [0.2, 0.25) is 0 Å². The molecule has 0 amide bonds. The molecule has 1 heteroatoms. The van der Waals surface area contributed by atoms with E-state index in [2.05, 4.69) is 254 Å². The summed E-state index contributed by atoms with van der Waals surface area (Å²) in [6.45, 7) is 0. The van der Waals surface area contributed by atoms with Gasteiger partial charge in [0, 0.05) is 17.1 Å². The molecule has 0 aliphatic heterocycles. The van der Waals surface area contributed by atoms with E-state index in [1.807, 2.05) is 0 Å². The number of hydrogen-bond acceptors (Lipinski definition) is 1. The van der Waals surface area contributed by atoms with E-state index >= 15 is 0 Å². The highest BCUT2D eigenvalue weighted by Crippen LogP contribution is 2.63. The van der Waals surface area contributed by atoms with Gasteiger partial charge in [-0.25, -0.2) is 0 Å². The Morgan fingerprint density at radius 3 is 1.22 bits per heavy atom. The summed E-state index contributed by atoms with van der Waals surface area (Å²) in [5.74, 6) is 0. The molecule has 1 spiro atoms. The quantitative estimate of drug-likeness (QED) is 0.162. The van der Waals surface area contributed by atoms with Crippen LogP contribution >= 0.6 is 0 Å². The van der Waals surface area contributed by atoms with Gasteiger partial charge in [0.25, 0.3) is 0 Å². The van der Waals surface area contributed by atoms with Gasteiger partial charge in [-0.05, 0) is 142 Å². The smallest absolute Gasteiger partial charge is 0.0726 e. The molecule has 11 aromatic rings. The first-order valence-electron chi connectivity index (χ1n) is 22.2. The van der Waals surface area contributed by atoms with Gasteiger partial charge in [0.05, 0.1) is 5.41 Å². The maximum absolute atomic E-state index is 2.49. The molecule has 13 rings (SSSR count). The zero-order valence-electron chi connectivity index (χ0n) is 35.1. The zero-order chi connectivity index (χ0) is 42.2. The number of fused-ring (bicyclic) bond motifs is 12. The van der Waals surface area contributed by atoms with Crippen LogP contribution in [-0.4, -0.2) is 0 Å². The normalized spacial score (nSPS) is 12.8. The second kappa shape index (κ2) is 14.4. The lowest BCUT2D eigenvalue weighted by molar-refractivity contribution is 0.794. The first-order valence-corrected chi connectivity index (χ1v) is 22.2. The van der Waals surface area contributed by atoms with Crippen LogP contribution in [0.15, 0.2) is 249 Å². The molecule has 0 N–H and O–H groups in total. The Labute approximate surface area is 373 Å². The van der Waals surface area contributed by atoms with Crippen molar-refractivity contribution in [1.29, 1.82) is 0 Å². The van der Waals surface area contributed by atoms with Crippen LogP contribution in [0.1, 0.15) is 22.3 Å². The second-order valence-electron chi connectivity index (χ2n) is 17.2. The minimum Gasteiger partial charge on any atom is -0.310 e. The van der Waals surface area contributed by atoms with Crippen molar-refractivity contribution in [1.82, 2.24) is 0 Å². The first kappa shape index (κ1) is 36.4. The van der Waals surface area contributed by atoms with E-state index in [1.54, 1.807) is 0 Å².